The van der Waals surface area contributed by atoms with E-state index < -0.39 is 11.7 Å². The van der Waals surface area contributed by atoms with E-state index in [1.54, 1.807) is 19.3 Å². The zero-order valence-corrected chi connectivity index (χ0v) is 17.7. The van der Waals surface area contributed by atoms with Crippen molar-refractivity contribution in [3.8, 4) is 11.1 Å². The van der Waals surface area contributed by atoms with Crippen LogP contribution < -0.4 is 10.6 Å². The summed E-state index contributed by atoms with van der Waals surface area (Å²) in [5, 5.41) is 5.47. The highest BCUT2D eigenvalue weighted by Gasteiger charge is 2.22. The van der Waals surface area contributed by atoms with Crippen molar-refractivity contribution in [1.29, 1.82) is 0 Å². The van der Waals surface area contributed by atoms with E-state index in [9.17, 15) is 9.59 Å². The van der Waals surface area contributed by atoms with Gasteiger partial charge < -0.3 is 15.4 Å². The fourth-order valence-corrected chi connectivity index (χ4v) is 3.18. The lowest BCUT2D eigenvalue weighted by molar-refractivity contribution is 0.0528. The number of hydrogen-bond acceptors (Lipinski definition) is 5. The minimum absolute atomic E-state index is 0.235. The van der Waals surface area contributed by atoms with Gasteiger partial charge in [-0.3, -0.25) is 14.8 Å². The molecule has 0 spiro atoms. The summed E-state index contributed by atoms with van der Waals surface area (Å²) < 4.78 is 5.30. The highest BCUT2D eigenvalue weighted by molar-refractivity contribution is 6.10. The first kappa shape index (κ1) is 21.2. The van der Waals surface area contributed by atoms with Crippen molar-refractivity contribution in [1.82, 2.24) is 20.6 Å². The number of fused-ring (bicyclic) bond motifs is 1. The molecule has 156 valence electrons. The molecule has 7 nitrogen and oxygen atoms in total. The van der Waals surface area contributed by atoms with Crippen LogP contribution in [-0.2, 0) is 11.2 Å². The van der Waals surface area contributed by atoms with Crippen molar-refractivity contribution in [3.63, 3.8) is 0 Å². The number of nitrogens with one attached hydrogen (secondary N) is 2. The molecular formula is C23H26N4O3. The number of carbonyl (C=O) groups is 2. The van der Waals surface area contributed by atoms with Gasteiger partial charge in [-0.1, -0.05) is 30.3 Å². The van der Waals surface area contributed by atoms with Crippen LogP contribution in [0.2, 0.25) is 0 Å². The molecule has 3 rings (SSSR count). The Morgan fingerprint density at radius 2 is 1.80 bits per heavy atom. The zero-order chi connectivity index (χ0) is 21.7. The van der Waals surface area contributed by atoms with Crippen molar-refractivity contribution in [3.05, 3.63) is 59.9 Å². The van der Waals surface area contributed by atoms with Crippen LogP contribution >= 0.6 is 0 Å². The largest absolute Gasteiger partial charge is 0.444 e. The number of aromatic nitrogens is 2. The third-order valence-corrected chi connectivity index (χ3v) is 4.36. The summed E-state index contributed by atoms with van der Waals surface area (Å²) in [5.74, 6) is -0.235. The number of amides is 2. The van der Waals surface area contributed by atoms with Gasteiger partial charge in [-0.05, 0) is 38.5 Å². The molecule has 2 amide bonds. The predicted octanol–water partition coefficient (Wildman–Crippen LogP) is 3.72. The first-order valence-electron chi connectivity index (χ1n) is 9.82. The SMILES string of the molecule is CNC(=O)c1c(-c2ccccc2)c(CCNC(=O)OC(C)(C)C)nc2cccnc12. The van der Waals surface area contributed by atoms with Crippen molar-refractivity contribution in [2.24, 2.45) is 0 Å². The topological polar surface area (TPSA) is 93.2 Å². The Labute approximate surface area is 175 Å². The van der Waals surface area contributed by atoms with E-state index in [0.29, 0.717) is 40.8 Å². The maximum atomic E-state index is 12.8. The molecule has 3 aromatic rings. The fourth-order valence-electron chi connectivity index (χ4n) is 3.18. The van der Waals surface area contributed by atoms with Gasteiger partial charge in [0.25, 0.3) is 5.91 Å². The molecule has 0 radical (unpaired) electrons. The highest BCUT2D eigenvalue weighted by atomic mass is 16.6. The molecule has 0 aliphatic heterocycles. The van der Waals surface area contributed by atoms with E-state index in [1.165, 1.54) is 0 Å². The molecule has 0 aliphatic rings. The highest BCUT2D eigenvalue weighted by Crippen LogP contribution is 2.31. The van der Waals surface area contributed by atoms with Crippen LogP contribution in [0.3, 0.4) is 0 Å². The van der Waals surface area contributed by atoms with E-state index >= 15 is 0 Å². The minimum atomic E-state index is -0.571. The Morgan fingerprint density at radius 3 is 2.47 bits per heavy atom. The molecule has 0 atom stereocenters. The molecule has 2 aromatic heterocycles. The number of alkyl carbamates (subject to hydrolysis) is 1. The Kier molecular flexibility index (Phi) is 6.30. The van der Waals surface area contributed by atoms with Crippen LogP contribution in [0.4, 0.5) is 4.79 Å². The third kappa shape index (κ3) is 4.92. The van der Waals surface area contributed by atoms with Gasteiger partial charge in [0.2, 0.25) is 0 Å². The van der Waals surface area contributed by atoms with E-state index in [1.807, 2.05) is 57.2 Å². The van der Waals surface area contributed by atoms with E-state index in [4.69, 9.17) is 9.72 Å². The molecule has 7 heteroatoms. The maximum absolute atomic E-state index is 12.8. The van der Waals surface area contributed by atoms with Crippen LogP contribution in [0.1, 0.15) is 36.8 Å². The standard InChI is InChI=1S/C23H26N4O3/c1-23(2,3)30-22(29)26-14-12-16-18(15-9-6-5-7-10-15)19(21(28)24-4)20-17(27-16)11-8-13-25-20/h5-11,13H,12,14H2,1-4H3,(H,24,28)(H,26,29). The molecule has 0 aliphatic carbocycles. The van der Waals surface area contributed by atoms with E-state index in [0.717, 1.165) is 5.56 Å². The lowest BCUT2D eigenvalue weighted by Crippen LogP contribution is -2.33. The second-order valence-electron chi connectivity index (χ2n) is 7.80. The van der Waals surface area contributed by atoms with Gasteiger partial charge in [0, 0.05) is 31.8 Å². The summed E-state index contributed by atoms with van der Waals surface area (Å²) in [6.07, 6.45) is 1.59. The Balaban J connectivity index is 2.04. The van der Waals surface area contributed by atoms with Crippen LogP contribution in [0, 0.1) is 0 Å². The first-order chi connectivity index (χ1) is 14.3. The summed E-state index contributed by atoms with van der Waals surface area (Å²) in [7, 11) is 1.59. The van der Waals surface area contributed by atoms with Gasteiger partial charge in [0.1, 0.15) is 11.1 Å². The fraction of sp³-hybridized carbons (Fsp3) is 0.304. The summed E-state index contributed by atoms with van der Waals surface area (Å²) in [5.41, 5.74) is 3.36. The number of nitrogens with zero attached hydrogens (tertiary/aromatic N) is 2. The van der Waals surface area contributed by atoms with Crippen molar-refractivity contribution in [2.45, 2.75) is 32.8 Å². The van der Waals surface area contributed by atoms with Crippen molar-refractivity contribution >= 4 is 23.0 Å². The molecule has 30 heavy (non-hydrogen) atoms. The monoisotopic (exact) mass is 406 g/mol. The average Bonchev–Trinajstić information content (AvgIpc) is 2.71. The molecule has 1 aromatic carbocycles. The Morgan fingerprint density at radius 1 is 1.07 bits per heavy atom. The van der Waals surface area contributed by atoms with Crippen molar-refractivity contribution in [2.75, 3.05) is 13.6 Å². The first-order valence-corrected chi connectivity index (χ1v) is 9.82. The van der Waals surface area contributed by atoms with E-state index in [-0.39, 0.29) is 5.91 Å². The minimum Gasteiger partial charge on any atom is -0.444 e. The quantitative estimate of drug-likeness (QED) is 0.674. The second-order valence-corrected chi connectivity index (χ2v) is 7.80. The van der Waals surface area contributed by atoms with Gasteiger partial charge in [-0.2, -0.15) is 0 Å². The molecule has 0 saturated carbocycles. The molecule has 2 heterocycles. The van der Waals surface area contributed by atoms with E-state index in [2.05, 4.69) is 15.6 Å². The number of rotatable bonds is 5. The summed E-state index contributed by atoms with van der Waals surface area (Å²) in [4.78, 5) is 34.0. The van der Waals surface area contributed by atoms with Gasteiger partial charge in [0.15, 0.2) is 0 Å². The summed E-state index contributed by atoms with van der Waals surface area (Å²) >= 11 is 0. The zero-order valence-electron chi connectivity index (χ0n) is 17.7. The molecular weight excluding hydrogens is 380 g/mol. The average molecular weight is 406 g/mol. The smallest absolute Gasteiger partial charge is 0.407 e. The molecule has 0 fully saturated rings. The van der Waals surface area contributed by atoms with Crippen LogP contribution in [0.25, 0.3) is 22.2 Å². The number of pyridine rings is 2. The molecule has 2 N–H and O–H groups in total. The summed E-state index contributed by atoms with van der Waals surface area (Å²) in [6, 6.07) is 13.2. The lowest BCUT2D eigenvalue weighted by atomic mass is 9.94. The van der Waals surface area contributed by atoms with Crippen LogP contribution in [0.5, 0.6) is 0 Å². The third-order valence-electron chi connectivity index (χ3n) is 4.36. The maximum Gasteiger partial charge on any atom is 0.407 e. The number of carbonyl (C=O) groups excluding carboxylic acids is 2. The van der Waals surface area contributed by atoms with Gasteiger partial charge >= 0.3 is 6.09 Å². The van der Waals surface area contributed by atoms with Gasteiger partial charge in [-0.25, -0.2) is 4.79 Å². The molecule has 0 saturated heterocycles. The summed E-state index contributed by atoms with van der Waals surface area (Å²) in [6.45, 7) is 5.76. The second kappa shape index (κ2) is 8.90. The molecule has 0 bridgehead atoms. The lowest BCUT2D eigenvalue weighted by Gasteiger charge is -2.20. The van der Waals surface area contributed by atoms with Crippen LogP contribution in [-0.4, -0.2) is 41.2 Å². The van der Waals surface area contributed by atoms with Crippen LogP contribution in [0.15, 0.2) is 48.7 Å². The van der Waals surface area contributed by atoms with Crippen molar-refractivity contribution < 1.29 is 14.3 Å². The number of ether oxygens (including phenoxy) is 1. The normalized spacial score (nSPS) is 11.2. The Hall–Kier alpha value is -3.48. The van der Waals surface area contributed by atoms with Gasteiger partial charge in [-0.15, -0.1) is 0 Å². The predicted molar refractivity (Wildman–Crippen MR) is 116 cm³/mol. The number of benzene rings is 1. The van der Waals surface area contributed by atoms with Gasteiger partial charge in [0.05, 0.1) is 16.8 Å². The Bertz CT molecular complexity index is 1060. The molecule has 0 unspecified atom stereocenters. The number of hydrogen-bond donors (Lipinski definition) is 2.